The highest BCUT2D eigenvalue weighted by Crippen LogP contribution is 2.32. The Morgan fingerprint density at radius 3 is 2.17 bits per heavy atom. The number of nitrogens with two attached hydrogens (primary N) is 1. The normalized spacial score (nSPS) is 13.8. The largest absolute Gasteiger partial charge is 0.445 e. The van der Waals surface area contributed by atoms with Gasteiger partial charge in [-0.1, -0.05) is 74.0 Å². The maximum atomic E-state index is 13.8. The molecule has 0 radical (unpaired) electrons. The van der Waals surface area contributed by atoms with Gasteiger partial charge < -0.3 is 31.3 Å². The van der Waals surface area contributed by atoms with Gasteiger partial charge in [-0.25, -0.2) is 9.18 Å². The van der Waals surface area contributed by atoms with Crippen LogP contribution in [0.25, 0.3) is 0 Å². The number of benzene rings is 3. The van der Waals surface area contributed by atoms with Gasteiger partial charge >= 0.3 is 12.3 Å². The van der Waals surface area contributed by atoms with Gasteiger partial charge in [0.05, 0.1) is 18.0 Å². The first-order valence-corrected chi connectivity index (χ1v) is 17.3. The molecule has 0 bridgehead atoms. The van der Waals surface area contributed by atoms with E-state index in [4.69, 9.17) is 10.5 Å². The van der Waals surface area contributed by atoms with Gasteiger partial charge in [0.2, 0.25) is 17.7 Å². The minimum atomic E-state index is -4.92. The Labute approximate surface area is 300 Å². The molecule has 1 aliphatic carbocycles. The summed E-state index contributed by atoms with van der Waals surface area (Å²) in [5.74, 6) is -3.27. The molecular formula is C38H45F4N5O5. The third-order valence-electron chi connectivity index (χ3n) is 8.59. The molecular weight excluding hydrogens is 682 g/mol. The van der Waals surface area contributed by atoms with Gasteiger partial charge in [0, 0.05) is 25.7 Å². The van der Waals surface area contributed by atoms with E-state index in [0.717, 1.165) is 48.4 Å². The summed E-state index contributed by atoms with van der Waals surface area (Å²) in [4.78, 5) is 53.6. The number of halogens is 4. The molecule has 2 unspecified atom stereocenters. The third kappa shape index (κ3) is 12.7. The molecule has 0 aromatic heterocycles. The SMILES string of the molecule is CCCc1ccc(CCC(NC(=O)C(N)CC(=O)N(CCNC(=O)OCc2ccccc2)C2CC2)C(=O)NCc2ccc(F)c(C(F)(F)F)c2)cc1. The predicted molar refractivity (Wildman–Crippen MR) is 186 cm³/mol. The zero-order chi connectivity index (χ0) is 37.7. The van der Waals surface area contributed by atoms with E-state index in [-0.39, 0.29) is 50.7 Å². The average molecular weight is 728 g/mol. The quantitative estimate of drug-likeness (QED) is 0.133. The molecule has 5 N–H and O–H groups in total. The molecule has 4 rings (SSSR count). The molecule has 1 fully saturated rings. The molecule has 3 aromatic carbocycles. The van der Waals surface area contributed by atoms with E-state index in [1.54, 1.807) is 4.90 Å². The summed E-state index contributed by atoms with van der Waals surface area (Å²) >= 11 is 0. The Morgan fingerprint density at radius 2 is 1.54 bits per heavy atom. The standard InChI is InChI=1S/C38H45F4N5O5/c1-2-6-25-9-11-26(12-10-25)14-18-33(36(50)45-23-28-13-17-31(39)30(21-28)38(40,41)42)46-35(49)32(43)22-34(48)47(29-15-16-29)20-19-44-37(51)52-24-27-7-4-3-5-8-27/h3-5,7-13,17,21,29,32-33H,2,6,14-16,18-20,22-24,43H2,1H3,(H,44,51)(H,45,50)(H,46,49). The highest BCUT2D eigenvalue weighted by atomic mass is 19.4. The van der Waals surface area contributed by atoms with Crippen molar-refractivity contribution in [2.75, 3.05) is 13.1 Å². The van der Waals surface area contributed by atoms with Crippen LogP contribution in [0, 0.1) is 5.82 Å². The Kier molecular flexibility index (Phi) is 14.6. The number of alkyl halides is 3. The first kappa shape index (κ1) is 39.8. The fourth-order valence-corrected chi connectivity index (χ4v) is 5.58. The molecule has 0 spiro atoms. The number of carbonyl (C=O) groups is 4. The summed E-state index contributed by atoms with van der Waals surface area (Å²) in [5, 5.41) is 7.77. The van der Waals surface area contributed by atoms with Gasteiger partial charge in [0.15, 0.2) is 0 Å². The lowest BCUT2D eigenvalue weighted by Gasteiger charge is -2.25. The van der Waals surface area contributed by atoms with Crippen molar-refractivity contribution in [3.8, 4) is 0 Å². The summed E-state index contributed by atoms with van der Waals surface area (Å²) in [6, 6.07) is 16.9. The Balaban J connectivity index is 1.34. The zero-order valence-electron chi connectivity index (χ0n) is 29.0. The monoisotopic (exact) mass is 727 g/mol. The van der Waals surface area contributed by atoms with Crippen LogP contribution in [-0.4, -0.2) is 59.9 Å². The van der Waals surface area contributed by atoms with E-state index in [0.29, 0.717) is 18.6 Å². The number of ether oxygens (including phenoxy) is 1. The number of hydrogen-bond donors (Lipinski definition) is 4. The van der Waals surface area contributed by atoms with Crippen molar-refractivity contribution in [1.29, 1.82) is 0 Å². The molecule has 1 saturated carbocycles. The Morgan fingerprint density at radius 1 is 0.885 bits per heavy atom. The topological polar surface area (TPSA) is 143 Å². The van der Waals surface area contributed by atoms with Crippen LogP contribution in [-0.2, 0) is 51.3 Å². The number of rotatable bonds is 18. The lowest BCUT2D eigenvalue weighted by Crippen LogP contribution is -2.53. The maximum Gasteiger partial charge on any atom is 0.419 e. The van der Waals surface area contributed by atoms with E-state index in [1.807, 2.05) is 54.6 Å². The van der Waals surface area contributed by atoms with Gasteiger partial charge in [-0.2, -0.15) is 13.2 Å². The second-order valence-electron chi connectivity index (χ2n) is 12.8. The third-order valence-corrected chi connectivity index (χ3v) is 8.59. The highest BCUT2D eigenvalue weighted by molar-refractivity contribution is 5.92. The van der Waals surface area contributed by atoms with Crippen LogP contribution >= 0.6 is 0 Å². The lowest BCUT2D eigenvalue weighted by molar-refractivity contribution is -0.140. The minimum absolute atomic E-state index is 0.0140. The number of carbonyl (C=O) groups excluding carboxylic acids is 4. The lowest BCUT2D eigenvalue weighted by atomic mass is 10.0. The summed E-state index contributed by atoms with van der Waals surface area (Å²) < 4.78 is 58.7. The summed E-state index contributed by atoms with van der Waals surface area (Å²) in [7, 11) is 0. The molecule has 2 atom stereocenters. The summed E-state index contributed by atoms with van der Waals surface area (Å²) in [6.07, 6.45) is -1.97. The number of nitrogens with zero attached hydrogens (tertiary/aromatic N) is 1. The average Bonchev–Trinajstić information content (AvgIpc) is 3.96. The van der Waals surface area contributed by atoms with E-state index >= 15 is 0 Å². The molecule has 4 amide bonds. The molecule has 1 aliphatic rings. The van der Waals surface area contributed by atoms with Crippen LogP contribution in [0.3, 0.4) is 0 Å². The first-order chi connectivity index (χ1) is 24.8. The van der Waals surface area contributed by atoms with Crippen LogP contribution in [0.2, 0.25) is 0 Å². The number of nitrogens with one attached hydrogen (secondary N) is 3. The van der Waals surface area contributed by atoms with E-state index < -0.39 is 53.5 Å². The Bertz CT molecular complexity index is 1650. The fourth-order valence-electron chi connectivity index (χ4n) is 5.58. The molecule has 0 aliphatic heterocycles. The highest BCUT2D eigenvalue weighted by Gasteiger charge is 2.35. The van der Waals surface area contributed by atoms with Crippen molar-refractivity contribution < 1.29 is 41.5 Å². The number of amides is 4. The molecule has 3 aromatic rings. The van der Waals surface area contributed by atoms with Crippen molar-refractivity contribution in [1.82, 2.24) is 20.9 Å². The summed E-state index contributed by atoms with van der Waals surface area (Å²) in [6.45, 7) is 2.12. The maximum absolute atomic E-state index is 13.8. The number of hydrogen-bond acceptors (Lipinski definition) is 6. The van der Waals surface area contributed by atoms with Gasteiger partial charge in [0.25, 0.3) is 0 Å². The van der Waals surface area contributed by atoms with Gasteiger partial charge in [-0.3, -0.25) is 14.4 Å². The smallest absolute Gasteiger partial charge is 0.419 e. The van der Waals surface area contributed by atoms with Crippen LogP contribution in [0.4, 0.5) is 22.4 Å². The van der Waals surface area contributed by atoms with Crippen LogP contribution < -0.4 is 21.7 Å². The van der Waals surface area contributed by atoms with Crippen molar-refractivity contribution in [2.24, 2.45) is 5.73 Å². The molecule has 10 nitrogen and oxygen atoms in total. The van der Waals surface area contributed by atoms with E-state index in [1.165, 1.54) is 0 Å². The van der Waals surface area contributed by atoms with E-state index in [9.17, 15) is 36.7 Å². The second kappa shape index (κ2) is 19.0. The van der Waals surface area contributed by atoms with Gasteiger partial charge in [-0.05, 0) is 66.5 Å². The zero-order valence-corrected chi connectivity index (χ0v) is 29.0. The minimum Gasteiger partial charge on any atom is -0.445 e. The van der Waals surface area contributed by atoms with Crippen LogP contribution in [0.5, 0.6) is 0 Å². The first-order valence-electron chi connectivity index (χ1n) is 17.3. The van der Waals surface area contributed by atoms with Crippen LogP contribution in [0.1, 0.15) is 66.8 Å². The Hall–Kier alpha value is -4.98. The fraction of sp³-hybridized carbons (Fsp3) is 0.421. The van der Waals surface area contributed by atoms with Crippen LogP contribution in [0.15, 0.2) is 72.8 Å². The number of alkyl carbamates (subject to hydrolysis) is 1. The molecule has 0 saturated heterocycles. The van der Waals surface area contributed by atoms with Gasteiger partial charge in [-0.15, -0.1) is 0 Å². The second-order valence-corrected chi connectivity index (χ2v) is 12.8. The van der Waals surface area contributed by atoms with Crippen molar-refractivity contribution in [3.63, 3.8) is 0 Å². The van der Waals surface area contributed by atoms with E-state index in [2.05, 4.69) is 22.9 Å². The molecule has 280 valence electrons. The van der Waals surface area contributed by atoms with Crippen molar-refractivity contribution in [3.05, 3.63) is 106 Å². The molecule has 0 heterocycles. The van der Waals surface area contributed by atoms with Gasteiger partial charge in [0.1, 0.15) is 18.5 Å². The van der Waals surface area contributed by atoms with Crippen molar-refractivity contribution in [2.45, 2.75) is 89.3 Å². The molecule has 14 heteroatoms. The summed E-state index contributed by atoms with van der Waals surface area (Å²) in [5.41, 5.74) is 7.60. The molecule has 52 heavy (non-hydrogen) atoms. The van der Waals surface area contributed by atoms with Crippen molar-refractivity contribution >= 4 is 23.8 Å². The predicted octanol–water partition coefficient (Wildman–Crippen LogP) is 5.17. The number of aryl methyl sites for hydroxylation is 2.